The van der Waals surface area contributed by atoms with E-state index in [-0.39, 0.29) is 12.0 Å². The molecule has 0 bridgehead atoms. The van der Waals surface area contributed by atoms with Gasteiger partial charge >= 0.3 is 5.97 Å². The molecule has 18 heavy (non-hydrogen) atoms. The number of carbonyl (C=O) groups excluding carboxylic acids is 1. The SMILES string of the molecule is CCc1ccc2c(c1)CN(C(C)C(=O)OC)CC2. The molecule has 0 N–H and O–H groups in total. The quantitative estimate of drug-likeness (QED) is 0.767. The summed E-state index contributed by atoms with van der Waals surface area (Å²) >= 11 is 0. The van der Waals surface area contributed by atoms with Gasteiger partial charge in [0.15, 0.2) is 0 Å². The monoisotopic (exact) mass is 247 g/mol. The molecule has 0 amide bonds. The Morgan fingerprint density at radius 3 is 2.89 bits per heavy atom. The first-order valence-electron chi connectivity index (χ1n) is 6.58. The maximum absolute atomic E-state index is 11.6. The van der Waals surface area contributed by atoms with Crippen LogP contribution in [-0.4, -0.2) is 30.6 Å². The molecule has 98 valence electrons. The molecule has 0 saturated heterocycles. The molecular weight excluding hydrogens is 226 g/mol. The molecule has 1 unspecified atom stereocenters. The fraction of sp³-hybridized carbons (Fsp3) is 0.533. The number of aryl methyl sites for hydroxylation is 1. The Hall–Kier alpha value is -1.35. The molecule has 3 nitrogen and oxygen atoms in total. The minimum absolute atomic E-state index is 0.148. The highest BCUT2D eigenvalue weighted by Gasteiger charge is 2.25. The summed E-state index contributed by atoms with van der Waals surface area (Å²) in [6.07, 6.45) is 2.07. The maximum atomic E-state index is 11.6. The van der Waals surface area contributed by atoms with E-state index in [1.807, 2.05) is 6.92 Å². The minimum atomic E-state index is -0.159. The van der Waals surface area contributed by atoms with Crippen LogP contribution < -0.4 is 0 Å². The summed E-state index contributed by atoms with van der Waals surface area (Å²) in [5.41, 5.74) is 4.14. The van der Waals surface area contributed by atoms with Gasteiger partial charge in [-0.05, 0) is 36.5 Å². The zero-order chi connectivity index (χ0) is 13.1. The van der Waals surface area contributed by atoms with Crippen molar-refractivity contribution >= 4 is 5.97 Å². The molecule has 0 fully saturated rings. The van der Waals surface area contributed by atoms with Crippen LogP contribution in [0.5, 0.6) is 0 Å². The van der Waals surface area contributed by atoms with E-state index in [9.17, 15) is 4.79 Å². The maximum Gasteiger partial charge on any atom is 0.322 e. The lowest BCUT2D eigenvalue weighted by Gasteiger charge is -2.32. The summed E-state index contributed by atoms with van der Waals surface area (Å²) in [5, 5.41) is 0. The molecule has 1 aliphatic rings. The largest absolute Gasteiger partial charge is 0.468 e. The molecule has 1 aromatic rings. The van der Waals surface area contributed by atoms with Crippen molar-refractivity contribution in [2.45, 2.75) is 39.3 Å². The van der Waals surface area contributed by atoms with Crippen LogP contribution in [0.15, 0.2) is 18.2 Å². The standard InChI is InChI=1S/C15H21NO2/c1-4-12-5-6-13-7-8-16(10-14(13)9-12)11(2)15(17)18-3/h5-6,9,11H,4,7-8,10H2,1-3H3. The van der Waals surface area contributed by atoms with E-state index in [1.165, 1.54) is 23.8 Å². The average molecular weight is 247 g/mol. The number of rotatable bonds is 3. The summed E-state index contributed by atoms with van der Waals surface area (Å²) < 4.78 is 4.82. The number of benzene rings is 1. The first kappa shape index (κ1) is 13.1. The topological polar surface area (TPSA) is 29.5 Å². The smallest absolute Gasteiger partial charge is 0.322 e. The lowest BCUT2D eigenvalue weighted by molar-refractivity contribution is -0.146. The van der Waals surface area contributed by atoms with E-state index in [0.29, 0.717) is 0 Å². The van der Waals surface area contributed by atoms with Crippen molar-refractivity contribution < 1.29 is 9.53 Å². The van der Waals surface area contributed by atoms with Crippen LogP contribution in [0.4, 0.5) is 0 Å². The van der Waals surface area contributed by atoms with E-state index >= 15 is 0 Å². The van der Waals surface area contributed by atoms with Crippen molar-refractivity contribution in [3.05, 3.63) is 34.9 Å². The molecule has 2 rings (SSSR count). The Bertz CT molecular complexity index is 442. The van der Waals surface area contributed by atoms with E-state index in [2.05, 4.69) is 30.0 Å². The van der Waals surface area contributed by atoms with E-state index < -0.39 is 0 Å². The summed E-state index contributed by atoms with van der Waals surface area (Å²) in [5.74, 6) is -0.148. The third kappa shape index (κ3) is 2.56. The fourth-order valence-corrected chi connectivity index (χ4v) is 2.50. The van der Waals surface area contributed by atoms with Crippen LogP contribution in [0.1, 0.15) is 30.5 Å². The Kier molecular flexibility index (Phi) is 4.02. The van der Waals surface area contributed by atoms with Crippen LogP contribution in [0.3, 0.4) is 0 Å². The molecule has 0 spiro atoms. The van der Waals surface area contributed by atoms with Gasteiger partial charge in [-0.25, -0.2) is 0 Å². The Morgan fingerprint density at radius 1 is 1.44 bits per heavy atom. The normalized spacial score (nSPS) is 17.1. The molecule has 1 heterocycles. The van der Waals surface area contributed by atoms with E-state index in [0.717, 1.165) is 25.9 Å². The number of fused-ring (bicyclic) bond motifs is 1. The first-order valence-corrected chi connectivity index (χ1v) is 6.58. The summed E-state index contributed by atoms with van der Waals surface area (Å²) in [6.45, 7) is 5.86. The highest BCUT2D eigenvalue weighted by Crippen LogP contribution is 2.22. The van der Waals surface area contributed by atoms with Crippen molar-refractivity contribution in [3.8, 4) is 0 Å². The lowest BCUT2D eigenvalue weighted by Crippen LogP contribution is -2.42. The number of hydrogen-bond acceptors (Lipinski definition) is 3. The van der Waals surface area contributed by atoms with Gasteiger partial charge in [0, 0.05) is 13.1 Å². The van der Waals surface area contributed by atoms with Crippen molar-refractivity contribution in [3.63, 3.8) is 0 Å². The van der Waals surface area contributed by atoms with Crippen LogP contribution in [0, 0.1) is 0 Å². The molecule has 1 atom stereocenters. The van der Waals surface area contributed by atoms with Gasteiger partial charge in [0.05, 0.1) is 7.11 Å². The lowest BCUT2D eigenvalue weighted by atomic mass is 9.96. The zero-order valence-electron chi connectivity index (χ0n) is 11.4. The Morgan fingerprint density at radius 2 is 2.22 bits per heavy atom. The van der Waals surface area contributed by atoms with Crippen molar-refractivity contribution in [2.75, 3.05) is 13.7 Å². The first-order chi connectivity index (χ1) is 8.65. The molecule has 1 aliphatic heterocycles. The fourth-order valence-electron chi connectivity index (χ4n) is 2.50. The minimum Gasteiger partial charge on any atom is -0.468 e. The summed E-state index contributed by atoms with van der Waals surface area (Å²) in [7, 11) is 1.45. The summed E-state index contributed by atoms with van der Waals surface area (Å²) in [4.78, 5) is 13.8. The molecule has 0 saturated carbocycles. The van der Waals surface area contributed by atoms with Crippen LogP contribution in [0.25, 0.3) is 0 Å². The third-order valence-electron chi connectivity index (χ3n) is 3.81. The Balaban J connectivity index is 2.15. The van der Waals surface area contributed by atoms with Crippen LogP contribution >= 0.6 is 0 Å². The molecule has 1 aromatic carbocycles. The van der Waals surface area contributed by atoms with Crippen molar-refractivity contribution in [1.29, 1.82) is 0 Å². The number of methoxy groups -OCH3 is 1. The van der Waals surface area contributed by atoms with Crippen LogP contribution in [-0.2, 0) is 28.9 Å². The predicted molar refractivity (Wildman–Crippen MR) is 71.4 cm³/mol. The van der Waals surface area contributed by atoms with Crippen molar-refractivity contribution in [2.24, 2.45) is 0 Å². The zero-order valence-corrected chi connectivity index (χ0v) is 11.4. The van der Waals surface area contributed by atoms with Gasteiger partial charge in [-0.2, -0.15) is 0 Å². The molecule has 0 aliphatic carbocycles. The molecule has 3 heteroatoms. The van der Waals surface area contributed by atoms with Gasteiger partial charge in [0.1, 0.15) is 6.04 Å². The highest BCUT2D eigenvalue weighted by atomic mass is 16.5. The summed E-state index contributed by atoms with van der Waals surface area (Å²) in [6, 6.07) is 6.55. The molecular formula is C15H21NO2. The average Bonchev–Trinajstić information content (AvgIpc) is 2.44. The molecule has 0 radical (unpaired) electrons. The number of carbonyl (C=O) groups is 1. The van der Waals surface area contributed by atoms with Gasteiger partial charge in [0.2, 0.25) is 0 Å². The van der Waals surface area contributed by atoms with E-state index in [4.69, 9.17) is 4.74 Å². The molecule has 0 aromatic heterocycles. The van der Waals surface area contributed by atoms with Gasteiger partial charge < -0.3 is 4.74 Å². The number of ether oxygens (including phenoxy) is 1. The third-order valence-corrected chi connectivity index (χ3v) is 3.81. The van der Waals surface area contributed by atoms with Crippen molar-refractivity contribution in [1.82, 2.24) is 4.90 Å². The second-order valence-corrected chi connectivity index (χ2v) is 4.88. The highest BCUT2D eigenvalue weighted by molar-refractivity contribution is 5.75. The van der Waals surface area contributed by atoms with Gasteiger partial charge in [0.25, 0.3) is 0 Å². The van der Waals surface area contributed by atoms with Gasteiger partial charge in [-0.3, -0.25) is 9.69 Å². The predicted octanol–water partition coefficient (Wildman–Crippen LogP) is 2.17. The number of hydrogen-bond donors (Lipinski definition) is 0. The number of nitrogens with zero attached hydrogens (tertiary/aromatic N) is 1. The number of esters is 1. The second kappa shape index (κ2) is 5.53. The van der Waals surface area contributed by atoms with Crippen LogP contribution in [0.2, 0.25) is 0 Å². The second-order valence-electron chi connectivity index (χ2n) is 4.88. The van der Waals surface area contributed by atoms with E-state index in [1.54, 1.807) is 0 Å². The van der Waals surface area contributed by atoms with Gasteiger partial charge in [-0.15, -0.1) is 0 Å². The van der Waals surface area contributed by atoms with Gasteiger partial charge in [-0.1, -0.05) is 25.1 Å². The Labute approximate surface area is 109 Å².